The van der Waals surface area contributed by atoms with Crippen molar-refractivity contribution in [3.63, 3.8) is 0 Å². The monoisotopic (exact) mass is 541 g/mol. The van der Waals surface area contributed by atoms with E-state index in [1.807, 2.05) is 44.4 Å². The number of hydrogen-bond acceptors (Lipinski definition) is 5. The van der Waals surface area contributed by atoms with E-state index < -0.39 is 30.2 Å². The highest BCUT2D eigenvalue weighted by Gasteiger charge is 2.43. The molecule has 0 unspecified atom stereocenters. The van der Waals surface area contributed by atoms with E-state index in [1.165, 1.54) is 30.9 Å². The molecule has 0 aliphatic heterocycles. The summed E-state index contributed by atoms with van der Waals surface area (Å²) >= 11 is 5.77. The molecule has 0 radical (unpaired) electrons. The number of rotatable bonds is 12. The summed E-state index contributed by atoms with van der Waals surface area (Å²) in [5.41, 5.74) is 1.63. The van der Waals surface area contributed by atoms with Gasteiger partial charge in [0.2, 0.25) is 11.8 Å². The Morgan fingerprint density at radius 2 is 1.50 bits per heavy atom. The van der Waals surface area contributed by atoms with Crippen LogP contribution in [0.4, 0.5) is 13.2 Å². The van der Waals surface area contributed by atoms with Crippen molar-refractivity contribution in [3.8, 4) is 11.1 Å². The zero-order valence-electron chi connectivity index (χ0n) is 20.9. The molecule has 0 saturated carbocycles. The lowest BCUT2D eigenvalue weighted by molar-refractivity contribution is -0.161. The van der Waals surface area contributed by atoms with E-state index >= 15 is 0 Å². The number of carbonyl (C=O) groups is 2. The highest BCUT2D eigenvalue weighted by atomic mass is 32.2. The van der Waals surface area contributed by atoms with Gasteiger partial charge in [0.1, 0.15) is 12.1 Å². The molecule has 0 fully saturated rings. The van der Waals surface area contributed by atoms with Gasteiger partial charge in [-0.1, -0.05) is 50.2 Å². The number of alkyl halides is 3. The SMILES string of the molecule is CNC(=O)[C@H](CCSC)NC(=O)[C@H](CC(C)C)N[C@@H](c1ccc(-c2ccc(S)cc2)cc1)C(F)(F)F. The highest BCUT2D eigenvalue weighted by molar-refractivity contribution is 7.98. The molecule has 3 atom stereocenters. The van der Waals surface area contributed by atoms with Crippen molar-refractivity contribution in [1.29, 1.82) is 0 Å². The molecule has 2 aromatic rings. The molecule has 10 heteroatoms. The third kappa shape index (κ3) is 9.05. The maximum Gasteiger partial charge on any atom is 0.407 e. The molecule has 198 valence electrons. The predicted molar refractivity (Wildman–Crippen MR) is 143 cm³/mol. The van der Waals surface area contributed by atoms with Crippen molar-refractivity contribution >= 4 is 36.2 Å². The maximum atomic E-state index is 14.2. The molecule has 5 nitrogen and oxygen atoms in total. The molecule has 0 heterocycles. The van der Waals surface area contributed by atoms with E-state index in [0.717, 1.165) is 16.0 Å². The van der Waals surface area contributed by atoms with Crippen LogP contribution in [0.5, 0.6) is 0 Å². The Morgan fingerprint density at radius 1 is 0.944 bits per heavy atom. The minimum Gasteiger partial charge on any atom is -0.357 e. The number of thioether (sulfide) groups is 1. The van der Waals surface area contributed by atoms with Gasteiger partial charge in [0.15, 0.2) is 0 Å². The largest absolute Gasteiger partial charge is 0.407 e. The fraction of sp³-hybridized carbons (Fsp3) is 0.462. The molecule has 2 rings (SSSR count). The van der Waals surface area contributed by atoms with Gasteiger partial charge in [-0.15, -0.1) is 12.6 Å². The van der Waals surface area contributed by atoms with Gasteiger partial charge in [-0.25, -0.2) is 0 Å². The van der Waals surface area contributed by atoms with Crippen LogP contribution in [0.3, 0.4) is 0 Å². The standard InChI is InChI=1S/C26H34F3N3O2S2/c1-16(2)15-22(25(34)32-21(13-14-36-4)24(33)30-3)31-23(26(27,28)29)19-7-5-17(6-8-19)18-9-11-20(35)12-10-18/h5-12,16,21-23,31,35H,13-15H2,1-4H3,(H,30,33)(H,32,34)/t21-,22-,23-/m0/s1. The lowest BCUT2D eigenvalue weighted by atomic mass is 9.97. The predicted octanol–water partition coefficient (Wildman–Crippen LogP) is 5.23. The second-order valence-electron chi connectivity index (χ2n) is 8.95. The lowest BCUT2D eigenvalue weighted by Gasteiger charge is -2.29. The van der Waals surface area contributed by atoms with Gasteiger partial charge in [-0.2, -0.15) is 24.9 Å². The fourth-order valence-corrected chi connectivity index (χ4v) is 4.40. The van der Waals surface area contributed by atoms with Gasteiger partial charge in [-0.05, 0) is 59.6 Å². The second kappa shape index (κ2) is 13.9. The summed E-state index contributed by atoms with van der Waals surface area (Å²) < 4.78 is 42.5. The molecule has 2 aromatic carbocycles. The van der Waals surface area contributed by atoms with Crippen LogP contribution < -0.4 is 16.0 Å². The Kier molecular flexibility index (Phi) is 11.6. The minimum atomic E-state index is -4.64. The molecule has 0 aromatic heterocycles. The van der Waals surface area contributed by atoms with E-state index in [1.54, 1.807) is 12.1 Å². The van der Waals surface area contributed by atoms with Crippen LogP contribution in [0.2, 0.25) is 0 Å². The first-order chi connectivity index (χ1) is 17.0. The molecule has 0 aliphatic rings. The first-order valence-electron chi connectivity index (χ1n) is 11.7. The number of amides is 2. The van der Waals surface area contributed by atoms with E-state index in [2.05, 4.69) is 28.6 Å². The summed E-state index contributed by atoms with van der Waals surface area (Å²) in [6.45, 7) is 3.67. The van der Waals surface area contributed by atoms with Gasteiger partial charge < -0.3 is 10.6 Å². The van der Waals surface area contributed by atoms with Crippen LogP contribution in [0.15, 0.2) is 53.4 Å². The van der Waals surface area contributed by atoms with Crippen LogP contribution >= 0.6 is 24.4 Å². The highest BCUT2D eigenvalue weighted by Crippen LogP contribution is 2.34. The number of hydrogen-bond donors (Lipinski definition) is 4. The summed E-state index contributed by atoms with van der Waals surface area (Å²) in [4.78, 5) is 26.1. The van der Waals surface area contributed by atoms with Crippen LogP contribution in [0.25, 0.3) is 11.1 Å². The van der Waals surface area contributed by atoms with Crippen molar-refractivity contribution in [3.05, 3.63) is 54.1 Å². The topological polar surface area (TPSA) is 70.2 Å². The maximum absolute atomic E-state index is 14.2. The van der Waals surface area contributed by atoms with Gasteiger partial charge >= 0.3 is 6.18 Å². The number of likely N-dealkylation sites (N-methyl/N-ethyl adjacent to an activating group) is 1. The van der Waals surface area contributed by atoms with Crippen LogP contribution in [0, 0.1) is 5.92 Å². The number of carbonyl (C=O) groups excluding carboxylic acids is 2. The molecule has 2 amide bonds. The Balaban J connectivity index is 2.29. The van der Waals surface area contributed by atoms with Crippen LogP contribution in [-0.2, 0) is 9.59 Å². The molecule has 36 heavy (non-hydrogen) atoms. The first-order valence-corrected chi connectivity index (χ1v) is 13.5. The van der Waals surface area contributed by atoms with Crippen molar-refractivity contribution in [2.24, 2.45) is 5.92 Å². The molecule has 0 spiro atoms. The molecular weight excluding hydrogens is 507 g/mol. The Labute approximate surface area is 220 Å². The first kappa shape index (κ1) is 30.1. The van der Waals surface area contributed by atoms with Crippen LogP contribution in [0.1, 0.15) is 38.3 Å². The number of thiol groups is 1. The third-order valence-electron chi connectivity index (χ3n) is 5.65. The van der Waals surface area contributed by atoms with Crippen molar-refractivity contribution < 1.29 is 22.8 Å². The van der Waals surface area contributed by atoms with E-state index in [9.17, 15) is 22.8 Å². The zero-order valence-corrected chi connectivity index (χ0v) is 22.6. The minimum absolute atomic E-state index is 0.00357. The van der Waals surface area contributed by atoms with E-state index in [4.69, 9.17) is 0 Å². The Hall–Kier alpha value is -2.17. The summed E-state index contributed by atoms with van der Waals surface area (Å²) in [5, 5.41) is 7.70. The van der Waals surface area contributed by atoms with Crippen molar-refractivity contribution in [2.75, 3.05) is 19.1 Å². The Bertz CT molecular complexity index is 983. The van der Waals surface area contributed by atoms with Gasteiger partial charge in [-0.3, -0.25) is 14.9 Å². The van der Waals surface area contributed by atoms with Crippen molar-refractivity contribution in [1.82, 2.24) is 16.0 Å². The zero-order chi connectivity index (χ0) is 26.9. The summed E-state index contributed by atoms with van der Waals surface area (Å²) in [7, 11) is 1.46. The average Bonchev–Trinajstić information content (AvgIpc) is 2.83. The smallest absolute Gasteiger partial charge is 0.357 e. The number of nitrogens with one attached hydrogen (secondary N) is 3. The normalized spacial score (nSPS) is 14.2. The third-order valence-corrected chi connectivity index (χ3v) is 6.60. The molecule has 3 N–H and O–H groups in total. The molecule has 0 aliphatic carbocycles. The fourth-order valence-electron chi connectivity index (χ4n) is 3.78. The number of benzene rings is 2. The lowest BCUT2D eigenvalue weighted by Crippen LogP contribution is -2.54. The second-order valence-corrected chi connectivity index (χ2v) is 10.5. The quantitative estimate of drug-likeness (QED) is 0.278. The van der Waals surface area contributed by atoms with Gasteiger partial charge in [0.05, 0.1) is 6.04 Å². The van der Waals surface area contributed by atoms with E-state index in [-0.39, 0.29) is 23.8 Å². The number of halogens is 3. The van der Waals surface area contributed by atoms with Crippen LogP contribution in [-0.4, -0.2) is 49.1 Å². The summed E-state index contributed by atoms with van der Waals surface area (Å²) in [6.07, 6.45) is -2.21. The average molecular weight is 542 g/mol. The van der Waals surface area contributed by atoms with Crippen molar-refractivity contribution in [2.45, 2.75) is 55.9 Å². The summed E-state index contributed by atoms with van der Waals surface area (Å²) in [5.74, 6) is -0.441. The van der Waals surface area contributed by atoms with Gasteiger partial charge in [0.25, 0.3) is 0 Å². The van der Waals surface area contributed by atoms with E-state index in [0.29, 0.717) is 12.2 Å². The summed E-state index contributed by atoms with van der Waals surface area (Å²) in [6, 6.07) is 9.41. The molecule has 0 bridgehead atoms. The Morgan fingerprint density at radius 3 is 1.97 bits per heavy atom. The molecule has 0 saturated heterocycles. The molecular formula is C26H34F3N3O2S2. The van der Waals surface area contributed by atoms with Gasteiger partial charge in [0, 0.05) is 11.9 Å².